The van der Waals surface area contributed by atoms with E-state index in [9.17, 15) is 4.79 Å². The first-order chi connectivity index (χ1) is 16.5. The van der Waals surface area contributed by atoms with E-state index in [-0.39, 0.29) is 18.2 Å². The first-order valence-electron chi connectivity index (χ1n) is 14.8. The van der Waals surface area contributed by atoms with Crippen molar-refractivity contribution in [3.8, 4) is 0 Å². The molecule has 3 aliphatic carbocycles. The Morgan fingerprint density at radius 3 is 2.32 bits per heavy atom. The summed E-state index contributed by atoms with van der Waals surface area (Å²) in [5.74, 6) is 2.73. The van der Waals surface area contributed by atoms with E-state index in [0.29, 0.717) is 30.5 Å². The minimum Gasteiger partial charge on any atom is -0.375 e. The van der Waals surface area contributed by atoms with Crippen LogP contribution in [0.1, 0.15) is 118 Å². The minimum atomic E-state index is 0.0175. The van der Waals surface area contributed by atoms with E-state index >= 15 is 0 Å². The van der Waals surface area contributed by atoms with Crippen molar-refractivity contribution in [1.82, 2.24) is 10.6 Å². The second-order valence-electron chi connectivity index (χ2n) is 11.9. The smallest absolute Gasteiger partial charge is 0.315 e. The molecule has 0 aromatic carbocycles. The number of rotatable bonds is 13. The predicted molar refractivity (Wildman–Crippen MR) is 140 cm³/mol. The molecule has 3 fully saturated rings. The molecule has 34 heavy (non-hydrogen) atoms. The Morgan fingerprint density at radius 2 is 1.65 bits per heavy atom. The summed E-state index contributed by atoms with van der Waals surface area (Å²) in [6.45, 7) is 10.4. The summed E-state index contributed by atoms with van der Waals surface area (Å²) in [6, 6.07) is 0.376. The average Bonchev–Trinajstić information content (AvgIpc) is 3.60. The predicted octanol–water partition coefficient (Wildman–Crippen LogP) is 6.84. The standard InChI is InChI=1S/C29H54N2O3/c1-5-22(19-30-29(32)31-25-13-11-12-23-17-24(23)18-25)16-28(33-20-21(3)4)27(6-2)34-26-14-9-7-8-10-15-26/h21-28H,5-20H2,1-4H3,(H2,30,31,32)/t22-,23-,24?,25?,27+,28?/m0/s1. The van der Waals surface area contributed by atoms with Crippen LogP contribution in [-0.2, 0) is 9.47 Å². The number of hydrogen-bond donors (Lipinski definition) is 2. The molecule has 0 heterocycles. The highest BCUT2D eigenvalue weighted by Crippen LogP contribution is 2.48. The van der Waals surface area contributed by atoms with Gasteiger partial charge in [0.1, 0.15) is 0 Å². The zero-order chi connectivity index (χ0) is 24.3. The third-order valence-electron chi connectivity index (χ3n) is 8.44. The van der Waals surface area contributed by atoms with Gasteiger partial charge in [0, 0.05) is 19.2 Å². The second-order valence-corrected chi connectivity index (χ2v) is 11.9. The van der Waals surface area contributed by atoms with Crippen molar-refractivity contribution in [3.05, 3.63) is 0 Å². The van der Waals surface area contributed by atoms with E-state index in [2.05, 4.69) is 38.3 Å². The summed E-state index contributed by atoms with van der Waals surface area (Å²) in [7, 11) is 0. The van der Waals surface area contributed by atoms with Crippen LogP contribution in [0.4, 0.5) is 4.79 Å². The van der Waals surface area contributed by atoms with Crippen molar-refractivity contribution in [2.24, 2.45) is 23.7 Å². The van der Waals surface area contributed by atoms with Crippen LogP contribution < -0.4 is 10.6 Å². The first-order valence-corrected chi connectivity index (χ1v) is 14.8. The number of urea groups is 1. The Balaban J connectivity index is 1.49. The molecule has 5 nitrogen and oxygen atoms in total. The molecule has 0 spiro atoms. The summed E-state index contributed by atoms with van der Waals surface area (Å²) >= 11 is 0. The molecule has 2 amide bonds. The van der Waals surface area contributed by atoms with Gasteiger partial charge in [-0.25, -0.2) is 4.79 Å². The number of hydrogen-bond acceptors (Lipinski definition) is 3. The molecule has 0 aromatic rings. The van der Waals surface area contributed by atoms with Gasteiger partial charge in [0.2, 0.25) is 0 Å². The summed E-state index contributed by atoms with van der Waals surface area (Å²) in [5, 5.41) is 6.48. The summed E-state index contributed by atoms with van der Waals surface area (Å²) in [5.41, 5.74) is 0. The van der Waals surface area contributed by atoms with E-state index in [1.165, 1.54) is 64.2 Å². The van der Waals surface area contributed by atoms with Crippen LogP contribution in [0.5, 0.6) is 0 Å². The number of carbonyl (C=O) groups is 1. The lowest BCUT2D eigenvalue weighted by molar-refractivity contribution is -0.117. The molecule has 3 rings (SSSR count). The quantitative estimate of drug-likeness (QED) is 0.285. The van der Waals surface area contributed by atoms with Crippen molar-refractivity contribution in [3.63, 3.8) is 0 Å². The number of fused-ring (bicyclic) bond motifs is 1. The van der Waals surface area contributed by atoms with Gasteiger partial charge < -0.3 is 20.1 Å². The molecule has 3 saturated carbocycles. The van der Waals surface area contributed by atoms with E-state index in [1.54, 1.807) is 0 Å². The lowest BCUT2D eigenvalue weighted by Gasteiger charge is -2.33. The van der Waals surface area contributed by atoms with Crippen molar-refractivity contribution < 1.29 is 14.3 Å². The number of carbonyl (C=O) groups excluding carboxylic acids is 1. The van der Waals surface area contributed by atoms with E-state index in [4.69, 9.17) is 9.47 Å². The zero-order valence-electron chi connectivity index (χ0n) is 22.7. The van der Waals surface area contributed by atoms with Crippen LogP contribution in [0.2, 0.25) is 0 Å². The van der Waals surface area contributed by atoms with Crippen molar-refractivity contribution in [2.45, 2.75) is 142 Å². The van der Waals surface area contributed by atoms with Gasteiger partial charge in [0.05, 0.1) is 18.3 Å². The molecule has 0 saturated heterocycles. The van der Waals surface area contributed by atoms with Crippen molar-refractivity contribution in [1.29, 1.82) is 0 Å². The average molecular weight is 479 g/mol. The lowest BCUT2D eigenvalue weighted by Crippen LogP contribution is -2.44. The summed E-state index contributed by atoms with van der Waals surface area (Å²) in [6.07, 6.45) is 17.6. The second kappa shape index (κ2) is 14.7. The normalized spacial score (nSPS) is 28.3. The largest absolute Gasteiger partial charge is 0.375 e. The van der Waals surface area contributed by atoms with Gasteiger partial charge in [0.25, 0.3) is 0 Å². The summed E-state index contributed by atoms with van der Waals surface area (Å²) in [4.78, 5) is 12.7. The lowest BCUT2D eigenvalue weighted by atomic mass is 9.94. The van der Waals surface area contributed by atoms with Crippen LogP contribution in [-0.4, -0.2) is 43.5 Å². The Morgan fingerprint density at radius 1 is 0.882 bits per heavy atom. The Kier molecular flexibility index (Phi) is 12.0. The number of ether oxygens (including phenoxy) is 2. The molecule has 3 aliphatic rings. The van der Waals surface area contributed by atoms with Crippen molar-refractivity contribution >= 4 is 6.03 Å². The van der Waals surface area contributed by atoms with Gasteiger partial charge >= 0.3 is 6.03 Å². The molecular weight excluding hydrogens is 424 g/mol. The van der Waals surface area contributed by atoms with Gasteiger partial charge in [-0.3, -0.25) is 0 Å². The Labute approximate surface area is 209 Å². The third kappa shape index (κ3) is 9.68. The molecule has 0 radical (unpaired) electrons. The van der Waals surface area contributed by atoms with Crippen LogP contribution in [0.3, 0.4) is 0 Å². The molecule has 0 aromatic heterocycles. The molecular formula is C29H54N2O3. The fraction of sp³-hybridized carbons (Fsp3) is 0.966. The highest BCUT2D eigenvalue weighted by molar-refractivity contribution is 5.74. The fourth-order valence-corrected chi connectivity index (χ4v) is 6.10. The van der Waals surface area contributed by atoms with Gasteiger partial charge in [-0.1, -0.05) is 72.6 Å². The van der Waals surface area contributed by atoms with E-state index in [0.717, 1.165) is 44.1 Å². The van der Waals surface area contributed by atoms with Gasteiger partial charge in [-0.2, -0.15) is 0 Å². The minimum absolute atomic E-state index is 0.0175. The maximum atomic E-state index is 12.7. The monoisotopic (exact) mass is 478 g/mol. The Bertz CT molecular complexity index is 576. The SMILES string of the molecule is CC[C@H](CNC(=O)NC1CCC[C@H]2CC2C1)CC(OCC(C)C)[C@@H](CC)OC1CCCCCC1. The molecule has 0 aliphatic heterocycles. The molecule has 3 unspecified atom stereocenters. The highest BCUT2D eigenvalue weighted by Gasteiger charge is 2.40. The van der Waals surface area contributed by atoms with Gasteiger partial charge in [0.15, 0.2) is 0 Å². The maximum absolute atomic E-state index is 12.7. The zero-order valence-corrected chi connectivity index (χ0v) is 22.7. The molecule has 198 valence electrons. The number of amides is 2. The molecule has 0 bridgehead atoms. The Hall–Kier alpha value is -0.810. The number of nitrogens with one attached hydrogen (secondary N) is 2. The highest BCUT2D eigenvalue weighted by atomic mass is 16.5. The van der Waals surface area contributed by atoms with Crippen LogP contribution in [0.25, 0.3) is 0 Å². The molecule has 6 atom stereocenters. The van der Waals surface area contributed by atoms with Crippen LogP contribution in [0.15, 0.2) is 0 Å². The van der Waals surface area contributed by atoms with Crippen LogP contribution in [0, 0.1) is 23.7 Å². The van der Waals surface area contributed by atoms with Crippen molar-refractivity contribution in [2.75, 3.05) is 13.2 Å². The molecule has 5 heteroatoms. The first kappa shape index (κ1) is 27.8. The van der Waals surface area contributed by atoms with Crippen LogP contribution >= 0.6 is 0 Å². The van der Waals surface area contributed by atoms with E-state index < -0.39 is 0 Å². The van der Waals surface area contributed by atoms with Gasteiger partial charge in [-0.05, 0) is 68.6 Å². The maximum Gasteiger partial charge on any atom is 0.315 e. The van der Waals surface area contributed by atoms with Gasteiger partial charge in [-0.15, -0.1) is 0 Å². The summed E-state index contributed by atoms with van der Waals surface area (Å²) < 4.78 is 13.2. The fourth-order valence-electron chi connectivity index (χ4n) is 6.10. The topological polar surface area (TPSA) is 59.6 Å². The van der Waals surface area contributed by atoms with E-state index in [1.807, 2.05) is 0 Å². The third-order valence-corrected chi connectivity index (χ3v) is 8.44. The molecule has 2 N–H and O–H groups in total.